The molecule has 1 aromatic heterocycles. The van der Waals surface area contributed by atoms with Crippen molar-refractivity contribution in [2.45, 2.75) is 31.4 Å². The highest BCUT2D eigenvalue weighted by Crippen LogP contribution is 2.42. The first-order chi connectivity index (χ1) is 9.45. The Morgan fingerprint density at radius 2 is 2.10 bits per heavy atom. The van der Waals surface area contributed by atoms with Crippen LogP contribution in [-0.4, -0.2) is 4.98 Å². The molecule has 0 spiro atoms. The Hall–Kier alpha value is -1.56. The van der Waals surface area contributed by atoms with Crippen molar-refractivity contribution in [2.24, 2.45) is 0 Å². The van der Waals surface area contributed by atoms with Gasteiger partial charge in [0.15, 0.2) is 5.13 Å². The normalized spacial score (nSPS) is 18.9. The van der Waals surface area contributed by atoms with Crippen LogP contribution in [0.2, 0.25) is 0 Å². The fourth-order valence-corrected chi connectivity index (χ4v) is 3.73. The second-order valence-corrected chi connectivity index (χ2v) is 5.99. The van der Waals surface area contributed by atoms with Crippen LogP contribution < -0.4 is 5.73 Å². The zero-order valence-corrected chi connectivity index (χ0v) is 11.4. The van der Waals surface area contributed by atoms with E-state index in [1.807, 2.05) is 0 Å². The van der Waals surface area contributed by atoms with Gasteiger partial charge in [0, 0.05) is 10.8 Å². The largest absolute Gasteiger partial charge is 0.416 e. The molecule has 0 amide bonds. The molecule has 2 nitrogen and oxygen atoms in total. The standard InChI is InChI=1S/C14H13F3N2S/c15-14(16,17)9-4-1-3-8(7-9)10-5-2-6-11-12(10)20-13(18)19-11/h1,3-4,7,10H,2,5-6H2,(H2,18,19). The molecule has 0 saturated heterocycles. The Morgan fingerprint density at radius 3 is 2.85 bits per heavy atom. The van der Waals surface area contributed by atoms with Crippen molar-refractivity contribution in [3.63, 3.8) is 0 Å². The summed E-state index contributed by atoms with van der Waals surface area (Å²) in [5, 5.41) is 0.494. The number of rotatable bonds is 1. The van der Waals surface area contributed by atoms with Crippen molar-refractivity contribution >= 4 is 16.5 Å². The number of nitrogens with zero attached hydrogens (tertiary/aromatic N) is 1. The Balaban J connectivity index is 2.02. The van der Waals surface area contributed by atoms with Crippen LogP contribution >= 0.6 is 11.3 Å². The van der Waals surface area contributed by atoms with Gasteiger partial charge in [-0.2, -0.15) is 13.2 Å². The van der Waals surface area contributed by atoms with Gasteiger partial charge in [0.1, 0.15) is 0 Å². The summed E-state index contributed by atoms with van der Waals surface area (Å²) in [4.78, 5) is 5.29. The summed E-state index contributed by atoms with van der Waals surface area (Å²) in [5.41, 5.74) is 6.77. The van der Waals surface area contributed by atoms with E-state index in [4.69, 9.17) is 5.73 Å². The Kier molecular flexibility index (Phi) is 3.20. The molecular weight excluding hydrogens is 285 g/mol. The average molecular weight is 298 g/mol. The number of nitrogen functional groups attached to an aromatic ring is 1. The van der Waals surface area contributed by atoms with Gasteiger partial charge in [0.25, 0.3) is 0 Å². The predicted molar refractivity (Wildman–Crippen MR) is 72.8 cm³/mol. The molecule has 1 aliphatic carbocycles. The number of nitrogens with two attached hydrogens (primary N) is 1. The molecule has 1 atom stereocenters. The molecule has 1 aliphatic rings. The fraction of sp³-hybridized carbons (Fsp3) is 0.357. The van der Waals surface area contributed by atoms with E-state index in [1.54, 1.807) is 6.07 Å². The summed E-state index contributed by atoms with van der Waals surface area (Å²) in [7, 11) is 0. The van der Waals surface area contributed by atoms with Crippen LogP contribution in [0.5, 0.6) is 0 Å². The van der Waals surface area contributed by atoms with Crippen LogP contribution in [0.3, 0.4) is 0 Å². The SMILES string of the molecule is Nc1nc2c(s1)C(c1cccc(C(F)(F)F)c1)CCC2. The maximum atomic E-state index is 12.8. The highest BCUT2D eigenvalue weighted by Gasteiger charge is 2.32. The van der Waals surface area contributed by atoms with E-state index in [1.165, 1.54) is 23.5 Å². The molecule has 0 radical (unpaired) electrons. The van der Waals surface area contributed by atoms with E-state index in [0.717, 1.165) is 35.9 Å². The van der Waals surface area contributed by atoms with Gasteiger partial charge in [0.05, 0.1) is 11.3 Å². The Morgan fingerprint density at radius 1 is 1.30 bits per heavy atom. The highest BCUT2D eigenvalue weighted by atomic mass is 32.1. The van der Waals surface area contributed by atoms with Crippen LogP contribution in [-0.2, 0) is 12.6 Å². The lowest BCUT2D eigenvalue weighted by molar-refractivity contribution is -0.137. The molecule has 2 N–H and O–H groups in total. The van der Waals surface area contributed by atoms with Crippen LogP contribution in [0.4, 0.5) is 18.3 Å². The summed E-state index contributed by atoms with van der Waals surface area (Å²) in [6.07, 6.45) is -1.67. The smallest absolute Gasteiger partial charge is 0.375 e. The first-order valence-electron chi connectivity index (χ1n) is 6.37. The van der Waals surface area contributed by atoms with Crippen LogP contribution in [0.1, 0.15) is 40.5 Å². The van der Waals surface area contributed by atoms with Crippen LogP contribution in [0.15, 0.2) is 24.3 Å². The van der Waals surface area contributed by atoms with Crippen LogP contribution in [0, 0.1) is 0 Å². The minimum absolute atomic E-state index is 0.0177. The molecule has 3 rings (SSSR count). The number of thiazole rings is 1. The Labute approximate surface area is 118 Å². The van der Waals surface area contributed by atoms with Crippen molar-refractivity contribution in [1.82, 2.24) is 4.98 Å². The van der Waals surface area contributed by atoms with Gasteiger partial charge in [-0.25, -0.2) is 4.98 Å². The highest BCUT2D eigenvalue weighted by molar-refractivity contribution is 7.15. The monoisotopic (exact) mass is 298 g/mol. The molecule has 0 aliphatic heterocycles. The molecular formula is C14H13F3N2S. The number of halogens is 3. The molecule has 1 unspecified atom stereocenters. The lowest BCUT2D eigenvalue weighted by atomic mass is 9.85. The van der Waals surface area contributed by atoms with E-state index >= 15 is 0 Å². The number of fused-ring (bicyclic) bond motifs is 1. The summed E-state index contributed by atoms with van der Waals surface area (Å²) < 4.78 is 38.4. The number of hydrogen-bond donors (Lipinski definition) is 1. The van der Waals surface area contributed by atoms with Crippen molar-refractivity contribution in [2.75, 3.05) is 5.73 Å². The molecule has 20 heavy (non-hydrogen) atoms. The van der Waals surface area contributed by atoms with Gasteiger partial charge >= 0.3 is 6.18 Å². The van der Waals surface area contributed by atoms with Crippen molar-refractivity contribution < 1.29 is 13.2 Å². The lowest BCUT2D eigenvalue weighted by Crippen LogP contribution is -2.11. The van der Waals surface area contributed by atoms with Crippen molar-refractivity contribution in [3.8, 4) is 0 Å². The topological polar surface area (TPSA) is 38.9 Å². The maximum absolute atomic E-state index is 12.8. The number of aryl methyl sites for hydroxylation is 1. The minimum Gasteiger partial charge on any atom is -0.375 e. The van der Waals surface area contributed by atoms with Gasteiger partial charge < -0.3 is 5.73 Å². The van der Waals surface area contributed by atoms with Crippen LogP contribution in [0.25, 0.3) is 0 Å². The quantitative estimate of drug-likeness (QED) is 0.856. The molecule has 1 heterocycles. The van der Waals surface area contributed by atoms with Gasteiger partial charge in [-0.3, -0.25) is 0 Å². The number of hydrogen-bond acceptors (Lipinski definition) is 3. The fourth-order valence-electron chi connectivity index (χ4n) is 2.69. The Bertz CT molecular complexity index is 634. The molecule has 1 aromatic carbocycles. The third-order valence-corrected chi connectivity index (χ3v) is 4.62. The molecule has 6 heteroatoms. The van der Waals surface area contributed by atoms with Gasteiger partial charge in [0.2, 0.25) is 0 Å². The molecule has 106 valence electrons. The van der Waals surface area contributed by atoms with Crippen molar-refractivity contribution in [1.29, 1.82) is 0 Å². The van der Waals surface area contributed by atoms with Crippen molar-refractivity contribution in [3.05, 3.63) is 46.0 Å². The predicted octanol–water partition coefficient (Wildman–Crippen LogP) is 4.21. The van der Waals surface area contributed by atoms with Gasteiger partial charge in [-0.15, -0.1) is 11.3 Å². The molecule has 2 aromatic rings. The van der Waals surface area contributed by atoms with E-state index in [9.17, 15) is 13.2 Å². The molecule has 0 bridgehead atoms. The summed E-state index contributed by atoms with van der Waals surface area (Å²) in [6.45, 7) is 0. The summed E-state index contributed by atoms with van der Waals surface area (Å²) >= 11 is 1.39. The lowest BCUT2D eigenvalue weighted by Gasteiger charge is -2.22. The third kappa shape index (κ3) is 2.40. The zero-order chi connectivity index (χ0) is 14.3. The number of aromatic nitrogens is 1. The number of benzene rings is 1. The second-order valence-electron chi connectivity index (χ2n) is 4.93. The van der Waals surface area contributed by atoms with Gasteiger partial charge in [-0.05, 0) is 30.9 Å². The number of anilines is 1. The third-order valence-electron chi connectivity index (χ3n) is 3.58. The summed E-state index contributed by atoms with van der Waals surface area (Å²) in [6, 6.07) is 5.58. The maximum Gasteiger partial charge on any atom is 0.416 e. The second kappa shape index (κ2) is 4.77. The zero-order valence-electron chi connectivity index (χ0n) is 10.6. The molecule has 0 fully saturated rings. The molecule has 0 saturated carbocycles. The first-order valence-corrected chi connectivity index (χ1v) is 7.19. The first kappa shape index (κ1) is 13.4. The average Bonchev–Trinajstić information content (AvgIpc) is 2.77. The van der Waals surface area contributed by atoms with E-state index in [-0.39, 0.29) is 5.92 Å². The van der Waals surface area contributed by atoms with E-state index < -0.39 is 11.7 Å². The van der Waals surface area contributed by atoms with E-state index in [0.29, 0.717) is 10.7 Å². The number of alkyl halides is 3. The minimum atomic E-state index is -4.31. The van der Waals surface area contributed by atoms with Gasteiger partial charge in [-0.1, -0.05) is 18.2 Å². The van der Waals surface area contributed by atoms with E-state index in [2.05, 4.69) is 4.98 Å². The summed E-state index contributed by atoms with van der Waals surface area (Å²) in [5.74, 6) is -0.0177.